The molecule has 0 fully saturated rings. The van der Waals surface area contributed by atoms with E-state index in [2.05, 4.69) is 5.32 Å². The Morgan fingerprint density at radius 1 is 1.14 bits per heavy atom. The molecule has 0 saturated carbocycles. The van der Waals surface area contributed by atoms with E-state index in [0.29, 0.717) is 5.56 Å². The third-order valence-corrected chi connectivity index (χ3v) is 3.82. The number of hydrogen-bond acceptors (Lipinski definition) is 2. The highest BCUT2D eigenvalue weighted by atomic mass is 16.2. The summed E-state index contributed by atoms with van der Waals surface area (Å²) in [6.07, 6.45) is 0.769. The normalized spacial score (nSPS) is 13.6. The van der Waals surface area contributed by atoms with E-state index in [1.165, 1.54) is 0 Å². The molecule has 0 unspecified atom stereocenters. The van der Waals surface area contributed by atoms with Gasteiger partial charge in [0.2, 0.25) is 5.91 Å². The highest BCUT2D eigenvalue weighted by Gasteiger charge is 2.24. The van der Waals surface area contributed by atoms with Crippen molar-refractivity contribution >= 4 is 22.6 Å². The first-order valence-corrected chi connectivity index (χ1v) is 7.12. The molecule has 4 heteroatoms. The molecule has 2 aromatic rings. The molecule has 0 aliphatic rings. The predicted molar refractivity (Wildman–Crippen MR) is 83.9 cm³/mol. The van der Waals surface area contributed by atoms with Crippen molar-refractivity contribution in [1.82, 2.24) is 5.32 Å². The van der Waals surface area contributed by atoms with Gasteiger partial charge in [-0.1, -0.05) is 50.6 Å². The second-order valence-corrected chi connectivity index (χ2v) is 5.30. The van der Waals surface area contributed by atoms with E-state index in [-0.39, 0.29) is 11.8 Å². The smallest absolute Gasteiger partial charge is 0.251 e. The van der Waals surface area contributed by atoms with Crippen molar-refractivity contribution in [3.8, 4) is 0 Å². The SMILES string of the molecule is CC[C@H](C)[C@H](NC(=O)c1ccc2ccccc2c1)C(N)=O. The molecular formula is C17H20N2O2. The number of benzene rings is 2. The van der Waals surface area contributed by atoms with Crippen LogP contribution in [0.25, 0.3) is 10.8 Å². The molecule has 0 spiro atoms. The number of rotatable bonds is 5. The van der Waals surface area contributed by atoms with Gasteiger partial charge >= 0.3 is 0 Å². The molecule has 0 saturated heterocycles. The monoisotopic (exact) mass is 284 g/mol. The Morgan fingerprint density at radius 3 is 2.43 bits per heavy atom. The summed E-state index contributed by atoms with van der Waals surface area (Å²) in [5, 5.41) is 4.80. The minimum absolute atomic E-state index is 0.00639. The van der Waals surface area contributed by atoms with Gasteiger partial charge in [-0.2, -0.15) is 0 Å². The maximum atomic E-state index is 12.3. The van der Waals surface area contributed by atoms with Gasteiger partial charge in [0.15, 0.2) is 0 Å². The molecule has 2 rings (SSSR count). The summed E-state index contributed by atoms with van der Waals surface area (Å²) < 4.78 is 0. The van der Waals surface area contributed by atoms with E-state index in [1.54, 1.807) is 6.07 Å². The summed E-state index contributed by atoms with van der Waals surface area (Å²) in [6.45, 7) is 3.86. The minimum Gasteiger partial charge on any atom is -0.368 e. The highest BCUT2D eigenvalue weighted by molar-refractivity contribution is 6.00. The maximum absolute atomic E-state index is 12.3. The van der Waals surface area contributed by atoms with Crippen molar-refractivity contribution in [2.24, 2.45) is 11.7 Å². The zero-order valence-corrected chi connectivity index (χ0v) is 12.3. The molecule has 110 valence electrons. The van der Waals surface area contributed by atoms with Crippen molar-refractivity contribution in [2.45, 2.75) is 26.3 Å². The number of fused-ring (bicyclic) bond motifs is 1. The van der Waals surface area contributed by atoms with E-state index in [0.717, 1.165) is 17.2 Å². The molecule has 4 nitrogen and oxygen atoms in total. The summed E-state index contributed by atoms with van der Waals surface area (Å²) in [5.41, 5.74) is 5.91. The molecule has 3 N–H and O–H groups in total. The van der Waals surface area contributed by atoms with Gasteiger partial charge < -0.3 is 11.1 Å². The van der Waals surface area contributed by atoms with Gasteiger partial charge in [-0.25, -0.2) is 0 Å². The third-order valence-electron chi connectivity index (χ3n) is 3.82. The fourth-order valence-electron chi connectivity index (χ4n) is 2.28. The molecule has 0 aromatic heterocycles. The lowest BCUT2D eigenvalue weighted by Gasteiger charge is -2.21. The number of hydrogen-bond donors (Lipinski definition) is 2. The Hall–Kier alpha value is -2.36. The van der Waals surface area contributed by atoms with Crippen LogP contribution in [0.2, 0.25) is 0 Å². The van der Waals surface area contributed by atoms with Crippen LogP contribution < -0.4 is 11.1 Å². The Kier molecular flexibility index (Phi) is 4.58. The molecule has 0 aliphatic carbocycles. The Labute approximate surface area is 124 Å². The molecule has 0 aliphatic heterocycles. The molecule has 0 heterocycles. The van der Waals surface area contributed by atoms with Crippen LogP contribution in [0, 0.1) is 5.92 Å². The molecule has 0 bridgehead atoms. The maximum Gasteiger partial charge on any atom is 0.251 e. The van der Waals surface area contributed by atoms with Crippen LogP contribution in [0.4, 0.5) is 0 Å². The van der Waals surface area contributed by atoms with Crippen LogP contribution >= 0.6 is 0 Å². The lowest BCUT2D eigenvalue weighted by atomic mass is 9.98. The third kappa shape index (κ3) is 3.40. The first-order valence-electron chi connectivity index (χ1n) is 7.12. The number of carbonyl (C=O) groups is 2. The van der Waals surface area contributed by atoms with Crippen LogP contribution in [-0.2, 0) is 4.79 Å². The molecule has 0 radical (unpaired) electrons. The summed E-state index contributed by atoms with van der Waals surface area (Å²) in [6, 6.07) is 12.6. The van der Waals surface area contributed by atoms with Crippen LogP contribution in [0.5, 0.6) is 0 Å². The zero-order valence-electron chi connectivity index (χ0n) is 12.3. The van der Waals surface area contributed by atoms with Crippen LogP contribution in [0.1, 0.15) is 30.6 Å². The lowest BCUT2D eigenvalue weighted by molar-refractivity contribution is -0.120. The summed E-state index contributed by atoms with van der Waals surface area (Å²) in [4.78, 5) is 23.8. The lowest BCUT2D eigenvalue weighted by Crippen LogP contribution is -2.48. The molecule has 2 amide bonds. The zero-order chi connectivity index (χ0) is 15.4. The first kappa shape index (κ1) is 15.0. The summed E-state index contributed by atoms with van der Waals surface area (Å²) in [5.74, 6) is -0.768. The summed E-state index contributed by atoms with van der Waals surface area (Å²) in [7, 11) is 0. The largest absolute Gasteiger partial charge is 0.368 e. The minimum atomic E-state index is -0.644. The number of nitrogens with two attached hydrogens (primary N) is 1. The quantitative estimate of drug-likeness (QED) is 0.885. The molecule has 21 heavy (non-hydrogen) atoms. The average Bonchev–Trinajstić information content (AvgIpc) is 2.50. The van der Waals surface area contributed by atoms with Crippen LogP contribution in [-0.4, -0.2) is 17.9 Å². The molecule has 2 aromatic carbocycles. The second kappa shape index (κ2) is 6.39. The number of carbonyl (C=O) groups excluding carboxylic acids is 2. The fourth-order valence-corrected chi connectivity index (χ4v) is 2.28. The number of amides is 2. The second-order valence-electron chi connectivity index (χ2n) is 5.30. The Morgan fingerprint density at radius 2 is 1.81 bits per heavy atom. The molecular weight excluding hydrogens is 264 g/mol. The van der Waals surface area contributed by atoms with Crippen molar-refractivity contribution in [3.05, 3.63) is 48.0 Å². The van der Waals surface area contributed by atoms with E-state index >= 15 is 0 Å². The first-order chi connectivity index (χ1) is 10.0. The highest BCUT2D eigenvalue weighted by Crippen LogP contribution is 2.16. The standard InChI is InChI=1S/C17H20N2O2/c1-3-11(2)15(16(18)20)19-17(21)14-9-8-12-6-4-5-7-13(12)10-14/h4-11,15H,3H2,1-2H3,(H2,18,20)(H,19,21)/t11-,15-/m0/s1. The van der Waals surface area contributed by atoms with E-state index < -0.39 is 11.9 Å². The van der Waals surface area contributed by atoms with E-state index in [1.807, 2.05) is 50.2 Å². The summed E-state index contributed by atoms with van der Waals surface area (Å²) >= 11 is 0. The van der Waals surface area contributed by atoms with E-state index in [4.69, 9.17) is 5.73 Å². The van der Waals surface area contributed by atoms with Crippen molar-refractivity contribution in [3.63, 3.8) is 0 Å². The predicted octanol–water partition coefficient (Wildman–Crippen LogP) is 2.47. The number of primary amides is 1. The van der Waals surface area contributed by atoms with Crippen molar-refractivity contribution in [2.75, 3.05) is 0 Å². The van der Waals surface area contributed by atoms with Crippen LogP contribution in [0.15, 0.2) is 42.5 Å². The van der Waals surface area contributed by atoms with Gasteiger partial charge in [-0.15, -0.1) is 0 Å². The van der Waals surface area contributed by atoms with Gasteiger partial charge in [0.1, 0.15) is 6.04 Å². The van der Waals surface area contributed by atoms with Crippen molar-refractivity contribution in [1.29, 1.82) is 0 Å². The molecule has 2 atom stereocenters. The van der Waals surface area contributed by atoms with Gasteiger partial charge in [-0.3, -0.25) is 9.59 Å². The van der Waals surface area contributed by atoms with Gasteiger partial charge in [0.25, 0.3) is 5.91 Å². The fraction of sp³-hybridized carbons (Fsp3) is 0.294. The van der Waals surface area contributed by atoms with Crippen molar-refractivity contribution < 1.29 is 9.59 Å². The Bertz CT molecular complexity index is 667. The van der Waals surface area contributed by atoms with Gasteiger partial charge in [0.05, 0.1) is 0 Å². The van der Waals surface area contributed by atoms with Gasteiger partial charge in [0, 0.05) is 5.56 Å². The average molecular weight is 284 g/mol. The van der Waals surface area contributed by atoms with E-state index in [9.17, 15) is 9.59 Å². The van der Waals surface area contributed by atoms with Gasteiger partial charge in [-0.05, 0) is 28.8 Å². The Balaban J connectivity index is 2.23. The number of nitrogens with one attached hydrogen (secondary N) is 1. The van der Waals surface area contributed by atoms with Crippen LogP contribution in [0.3, 0.4) is 0 Å². The topological polar surface area (TPSA) is 72.2 Å².